The van der Waals surface area contributed by atoms with E-state index in [1.165, 1.54) is 0 Å². The zero-order chi connectivity index (χ0) is 25.2. The number of unbranched alkanes of at least 4 members (excludes halogenated alkanes) is 3. The van der Waals surface area contributed by atoms with Gasteiger partial charge in [-0.3, -0.25) is 14.4 Å². The van der Waals surface area contributed by atoms with Crippen molar-refractivity contribution in [3.05, 3.63) is 35.9 Å². The van der Waals surface area contributed by atoms with Gasteiger partial charge in [0.25, 0.3) is 0 Å². The summed E-state index contributed by atoms with van der Waals surface area (Å²) < 4.78 is -0.545. The van der Waals surface area contributed by atoms with Crippen molar-refractivity contribution in [3.8, 4) is 0 Å². The zero-order valence-electron chi connectivity index (χ0n) is 21.1. The lowest BCUT2D eigenvalue weighted by atomic mass is 9.70. The van der Waals surface area contributed by atoms with E-state index in [-0.39, 0.29) is 29.6 Å². The first-order chi connectivity index (χ1) is 16.7. The molecule has 0 radical (unpaired) electrons. The fraction of sp³-hybridized carbons (Fsp3) is 0.667. The van der Waals surface area contributed by atoms with Crippen LogP contribution in [0.4, 0.5) is 0 Å². The number of hydrogen-bond acceptors (Lipinski definition) is 5. The highest BCUT2D eigenvalue weighted by Gasteiger charge is 2.73. The molecular weight excluding hydrogens is 462 g/mol. The zero-order valence-corrected chi connectivity index (χ0v) is 21.9. The maximum absolute atomic E-state index is 13.9. The summed E-state index contributed by atoms with van der Waals surface area (Å²) in [5.74, 6) is -1.10. The monoisotopic (exact) mass is 501 g/mol. The number of aliphatic hydroxyl groups excluding tert-OH is 1. The Morgan fingerprint density at radius 3 is 2.51 bits per heavy atom. The highest BCUT2D eigenvalue weighted by Crippen LogP contribution is 2.66. The van der Waals surface area contributed by atoms with Crippen LogP contribution in [0.1, 0.15) is 64.9 Å². The lowest BCUT2D eigenvalue weighted by Gasteiger charge is -2.36. The second-order valence-corrected chi connectivity index (χ2v) is 12.8. The van der Waals surface area contributed by atoms with Gasteiger partial charge in [0.05, 0.1) is 16.6 Å². The largest absolute Gasteiger partial charge is 0.396 e. The maximum Gasteiger partial charge on any atom is 0.244 e. The standard InChI is InChI=1S/C27H39N3O4S/c1-26(2,3)29-24(33)22-27-14-13-19(35-27)20(23(32)28-17-18-11-7-6-8-12-18)21(27)25(34)30(22)15-9-4-5-10-16-31/h6-8,11-12,19-22,31H,4-5,9-10,13-17H2,1-3H3,(H,28,32)(H,29,33)/t19-,20+,21+,22?,27?/m1/s1. The third-order valence-electron chi connectivity index (χ3n) is 7.47. The quantitative estimate of drug-likeness (QED) is 0.428. The van der Waals surface area contributed by atoms with Gasteiger partial charge in [-0.2, -0.15) is 0 Å². The molecule has 8 heteroatoms. The number of carbonyl (C=O) groups is 3. The van der Waals surface area contributed by atoms with E-state index in [1.807, 2.05) is 51.1 Å². The molecule has 1 spiro atoms. The average Bonchev–Trinajstić information content (AvgIpc) is 3.44. The minimum Gasteiger partial charge on any atom is -0.396 e. The number of likely N-dealkylation sites (tertiary alicyclic amines) is 1. The van der Waals surface area contributed by atoms with Crippen molar-refractivity contribution in [3.63, 3.8) is 0 Å². The number of hydrogen-bond donors (Lipinski definition) is 3. The SMILES string of the molecule is CC(C)(C)NC(=O)C1N(CCCCCCO)C(=O)[C@@H]2[C@@H](C(=O)NCc3ccccc3)[C@H]3CCC12S3. The van der Waals surface area contributed by atoms with Crippen molar-refractivity contribution in [1.29, 1.82) is 0 Å². The molecule has 2 bridgehead atoms. The first-order valence-electron chi connectivity index (χ1n) is 12.9. The van der Waals surface area contributed by atoms with Crippen molar-refractivity contribution in [2.75, 3.05) is 13.2 Å². The molecule has 3 saturated heterocycles. The van der Waals surface area contributed by atoms with Gasteiger partial charge in [-0.1, -0.05) is 43.2 Å². The van der Waals surface area contributed by atoms with Crippen LogP contribution in [0.15, 0.2) is 30.3 Å². The molecule has 2 unspecified atom stereocenters. The van der Waals surface area contributed by atoms with Crippen molar-refractivity contribution >= 4 is 29.5 Å². The predicted molar refractivity (Wildman–Crippen MR) is 138 cm³/mol. The Labute approximate surface area is 212 Å². The number of carbonyl (C=O) groups excluding carboxylic acids is 3. The van der Waals surface area contributed by atoms with Gasteiger partial charge in [-0.05, 0) is 52.0 Å². The van der Waals surface area contributed by atoms with Gasteiger partial charge in [0, 0.05) is 30.5 Å². The maximum atomic E-state index is 13.9. The second-order valence-electron chi connectivity index (χ2n) is 11.2. The van der Waals surface area contributed by atoms with E-state index in [2.05, 4.69) is 10.6 Å². The molecule has 3 amide bonds. The Hall–Kier alpha value is -2.06. The van der Waals surface area contributed by atoms with Crippen molar-refractivity contribution in [2.45, 2.75) is 87.4 Å². The molecule has 0 aliphatic carbocycles. The summed E-state index contributed by atoms with van der Waals surface area (Å²) >= 11 is 1.71. The molecule has 7 nitrogen and oxygen atoms in total. The van der Waals surface area contributed by atoms with Gasteiger partial charge in [-0.15, -0.1) is 11.8 Å². The van der Waals surface area contributed by atoms with Gasteiger partial charge < -0.3 is 20.6 Å². The van der Waals surface area contributed by atoms with Crippen LogP contribution in [0.3, 0.4) is 0 Å². The van der Waals surface area contributed by atoms with E-state index < -0.39 is 28.2 Å². The Morgan fingerprint density at radius 1 is 1.11 bits per heavy atom. The fourth-order valence-electron chi connectivity index (χ4n) is 6.08. The summed E-state index contributed by atoms with van der Waals surface area (Å²) in [6, 6.07) is 9.23. The Balaban J connectivity index is 1.55. The summed E-state index contributed by atoms with van der Waals surface area (Å²) in [5, 5.41) is 15.3. The van der Waals surface area contributed by atoms with E-state index in [1.54, 1.807) is 16.7 Å². The van der Waals surface area contributed by atoms with Crippen LogP contribution in [0, 0.1) is 11.8 Å². The molecule has 1 aromatic carbocycles. The van der Waals surface area contributed by atoms with Crippen molar-refractivity contribution in [1.82, 2.24) is 15.5 Å². The lowest BCUT2D eigenvalue weighted by molar-refractivity contribution is -0.140. The topological polar surface area (TPSA) is 98.7 Å². The summed E-state index contributed by atoms with van der Waals surface area (Å²) in [4.78, 5) is 42.7. The first kappa shape index (κ1) is 26.0. The van der Waals surface area contributed by atoms with Gasteiger partial charge >= 0.3 is 0 Å². The van der Waals surface area contributed by atoms with Gasteiger partial charge in [-0.25, -0.2) is 0 Å². The number of rotatable bonds is 10. The highest BCUT2D eigenvalue weighted by atomic mass is 32.2. The molecule has 1 aromatic rings. The highest BCUT2D eigenvalue weighted by molar-refractivity contribution is 8.02. The Bertz CT molecular complexity index is 934. The number of nitrogens with one attached hydrogen (secondary N) is 2. The van der Waals surface area contributed by atoms with E-state index in [9.17, 15) is 14.4 Å². The van der Waals surface area contributed by atoms with E-state index in [4.69, 9.17) is 5.11 Å². The molecule has 3 N–H and O–H groups in total. The van der Waals surface area contributed by atoms with Crippen molar-refractivity contribution < 1.29 is 19.5 Å². The number of aliphatic hydroxyl groups is 1. The average molecular weight is 502 g/mol. The van der Waals surface area contributed by atoms with E-state index in [0.29, 0.717) is 13.1 Å². The molecule has 3 aliphatic heterocycles. The van der Waals surface area contributed by atoms with Crippen LogP contribution >= 0.6 is 11.8 Å². The van der Waals surface area contributed by atoms with Crippen LogP contribution < -0.4 is 10.6 Å². The molecule has 0 saturated carbocycles. The smallest absolute Gasteiger partial charge is 0.244 e. The summed E-state index contributed by atoms with van der Waals surface area (Å²) in [7, 11) is 0. The predicted octanol–water partition coefficient (Wildman–Crippen LogP) is 2.86. The molecule has 5 atom stereocenters. The van der Waals surface area contributed by atoms with Crippen LogP contribution in [0.5, 0.6) is 0 Å². The molecule has 35 heavy (non-hydrogen) atoms. The molecule has 3 heterocycles. The fourth-order valence-corrected chi connectivity index (χ4v) is 8.30. The molecule has 3 fully saturated rings. The van der Waals surface area contributed by atoms with Gasteiger partial charge in [0.1, 0.15) is 6.04 Å². The summed E-state index contributed by atoms with van der Waals surface area (Å²) in [6.45, 7) is 6.97. The number of benzene rings is 1. The van der Waals surface area contributed by atoms with Crippen LogP contribution in [0.25, 0.3) is 0 Å². The lowest BCUT2D eigenvalue weighted by Crippen LogP contribution is -2.57. The minimum absolute atomic E-state index is 0.0456. The van der Waals surface area contributed by atoms with E-state index >= 15 is 0 Å². The molecule has 0 aromatic heterocycles. The van der Waals surface area contributed by atoms with Gasteiger partial charge in [0.15, 0.2) is 0 Å². The molecular formula is C27H39N3O4S. The summed E-state index contributed by atoms with van der Waals surface area (Å²) in [5.41, 5.74) is 0.617. The van der Waals surface area contributed by atoms with Crippen LogP contribution in [-0.4, -0.2) is 62.5 Å². The van der Waals surface area contributed by atoms with E-state index in [0.717, 1.165) is 44.1 Å². The van der Waals surface area contributed by atoms with Crippen LogP contribution in [0.2, 0.25) is 0 Å². The molecule has 4 rings (SSSR count). The number of amides is 3. The second kappa shape index (κ2) is 10.5. The summed E-state index contributed by atoms with van der Waals surface area (Å²) in [6.07, 6.45) is 4.95. The Morgan fingerprint density at radius 2 is 1.83 bits per heavy atom. The third-order valence-corrected chi connectivity index (χ3v) is 9.42. The van der Waals surface area contributed by atoms with Crippen molar-refractivity contribution in [2.24, 2.45) is 11.8 Å². The normalized spacial score (nSPS) is 29.4. The van der Waals surface area contributed by atoms with Crippen LogP contribution in [-0.2, 0) is 20.9 Å². The third kappa shape index (κ3) is 5.24. The first-order valence-corrected chi connectivity index (χ1v) is 13.8. The number of thioether (sulfide) groups is 1. The molecule has 3 aliphatic rings. The minimum atomic E-state index is -0.556. The number of nitrogens with zero attached hydrogens (tertiary/aromatic N) is 1. The Kier molecular flexibility index (Phi) is 7.81. The molecule has 192 valence electrons. The number of fused-ring (bicyclic) bond motifs is 1. The van der Waals surface area contributed by atoms with Gasteiger partial charge in [0.2, 0.25) is 17.7 Å².